The largest absolute Gasteiger partial charge is 0.463 e. The summed E-state index contributed by atoms with van der Waals surface area (Å²) < 4.78 is 11.7. The summed E-state index contributed by atoms with van der Waals surface area (Å²) in [4.78, 5) is 42.8. The average Bonchev–Trinajstić information content (AvgIpc) is 3.78. The van der Waals surface area contributed by atoms with Crippen molar-refractivity contribution in [3.63, 3.8) is 0 Å². The van der Waals surface area contributed by atoms with E-state index in [-0.39, 0.29) is 30.1 Å². The van der Waals surface area contributed by atoms with Crippen LogP contribution in [0.1, 0.15) is 250 Å². The number of nitrogens with zero attached hydrogens (tertiary/aromatic N) is 1. The molecule has 2 unspecified atom stereocenters. The van der Waals surface area contributed by atoms with E-state index < -0.39 is 6.10 Å². The van der Waals surface area contributed by atoms with Crippen LogP contribution in [-0.4, -0.2) is 77.3 Å². The number of nitrogens with one attached hydrogen (secondary N) is 2. The van der Waals surface area contributed by atoms with Gasteiger partial charge >= 0.3 is 11.9 Å². The van der Waals surface area contributed by atoms with Crippen molar-refractivity contribution in [2.24, 2.45) is 0 Å². The van der Waals surface area contributed by atoms with Crippen LogP contribution in [0.5, 0.6) is 0 Å². The molecular formula is C51H95N3O6. The number of H-pyrrole nitrogens is 1. The van der Waals surface area contributed by atoms with E-state index in [0.717, 1.165) is 116 Å². The van der Waals surface area contributed by atoms with Gasteiger partial charge < -0.3 is 29.8 Å². The van der Waals surface area contributed by atoms with E-state index in [9.17, 15) is 19.5 Å². The summed E-state index contributed by atoms with van der Waals surface area (Å²) in [5.74, 6) is -0.169. The molecule has 9 heteroatoms. The highest BCUT2D eigenvalue weighted by atomic mass is 16.5. The van der Waals surface area contributed by atoms with E-state index in [1.165, 1.54) is 89.9 Å². The van der Waals surface area contributed by atoms with Crippen LogP contribution < -0.4 is 5.32 Å². The van der Waals surface area contributed by atoms with Gasteiger partial charge in [0.25, 0.3) is 5.91 Å². The van der Waals surface area contributed by atoms with Gasteiger partial charge in [0.05, 0.1) is 17.8 Å². The van der Waals surface area contributed by atoms with Gasteiger partial charge in [0.2, 0.25) is 0 Å². The van der Waals surface area contributed by atoms with Gasteiger partial charge in [-0.25, -0.2) is 0 Å². The fourth-order valence-electron chi connectivity index (χ4n) is 8.06. The Balaban J connectivity index is 2.44. The zero-order chi connectivity index (χ0) is 43.7. The Labute approximate surface area is 369 Å². The molecule has 0 saturated heterocycles. The van der Waals surface area contributed by atoms with Crippen molar-refractivity contribution >= 4 is 17.8 Å². The molecule has 0 aliphatic rings. The fraction of sp³-hybridized carbons (Fsp3) is 0.863. The number of aromatic nitrogens is 1. The lowest BCUT2D eigenvalue weighted by Gasteiger charge is -2.25. The molecule has 1 aromatic heterocycles. The van der Waals surface area contributed by atoms with Crippen LogP contribution in [0.15, 0.2) is 18.5 Å². The molecular weight excluding hydrogens is 751 g/mol. The Kier molecular flexibility index (Phi) is 37.7. The third-order valence-corrected chi connectivity index (χ3v) is 11.9. The number of unbranched alkanes of at least 4 members (excludes halogenated alkanes) is 21. The Morgan fingerprint density at radius 1 is 0.600 bits per heavy atom. The van der Waals surface area contributed by atoms with Gasteiger partial charge in [0.1, 0.15) is 6.10 Å². The summed E-state index contributed by atoms with van der Waals surface area (Å²) in [5.41, 5.74) is 0.633. The Morgan fingerprint density at radius 2 is 1.07 bits per heavy atom. The molecule has 9 nitrogen and oxygen atoms in total. The molecule has 0 bridgehead atoms. The lowest BCUT2D eigenvalue weighted by Crippen LogP contribution is -2.34. The van der Waals surface area contributed by atoms with Gasteiger partial charge in [0.15, 0.2) is 0 Å². The Morgan fingerprint density at radius 3 is 1.62 bits per heavy atom. The number of aliphatic hydroxyl groups excluding tert-OH is 1. The molecule has 60 heavy (non-hydrogen) atoms. The number of amides is 1. The molecule has 0 radical (unpaired) electrons. The first-order valence-corrected chi connectivity index (χ1v) is 25.5. The molecule has 0 fully saturated rings. The highest BCUT2D eigenvalue weighted by molar-refractivity contribution is 5.93. The molecule has 2 atom stereocenters. The van der Waals surface area contributed by atoms with E-state index in [1.807, 2.05) is 6.92 Å². The predicted octanol–water partition coefficient (Wildman–Crippen LogP) is 13.2. The number of carbonyl (C=O) groups excluding carboxylic acids is 3. The summed E-state index contributed by atoms with van der Waals surface area (Å²) in [6.45, 7) is 11.8. The van der Waals surface area contributed by atoms with Crippen molar-refractivity contribution in [1.29, 1.82) is 0 Å². The molecule has 3 N–H and O–H groups in total. The first-order chi connectivity index (χ1) is 29.3. The van der Waals surface area contributed by atoms with Gasteiger partial charge in [-0.1, -0.05) is 136 Å². The highest BCUT2D eigenvalue weighted by Gasteiger charge is 2.16. The van der Waals surface area contributed by atoms with Crippen molar-refractivity contribution in [1.82, 2.24) is 15.2 Å². The van der Waals surface area contributed by atoms with Crippen molar-refractivity contribution in [2.45, 2.75) is 258 Å². The minimum atomic E-state index is -0.416. The van der Waals surface area contributed by atoms with Crippen LogP contribution in [0.25, 0.3) is 0 Å². The minimum absolute atomic E-state index is 0.00729. The predicted molar refractivity (Wildman–Crippen MR) is 250 cm³/mol. The molecule has 1 aromatic rings. The standard InChI is InChI=1S/C51H95N3O6/c1-5-8-11-14-18-24-34-48(35-25-19-15-12-9-6-2)60-50(57)37-26-20-16-21-30-41-54(44-47(55)33-28-29-39-53-51(58)46-38-40-52-43-46)42-31-22-27-36-49(56)59-45(4)32-23-17-13-10-7-3/h38,40,43,45,47-48,52,55H,5-37,39,41-42,44H2,1-4H3,(H,53,58). The highest BCUT2D eigenvalue weighted by Crippen LogP contribution is 2.19. The van der Waals surface area contributed by atoms with Crippen molar-refractivity contribution in [3.05, 3.63) is 24.0 Å². The maximum absolute atomic E-state index is 12.9. The monoisotopic (exact) mass is 846 g/mol. The van der Waals surface area contributed by atoms with E-state index in [4.69, 9.17) is 9.47 Å². The second-order valence-corrected chi connectivity index (χ2v) is 17.9. The van der Waals surface area contributed by atoms with Crippen LogP contribution in [0.3, 0.4) is 0 Å². The maximum atomic E-state index is 12.9. The van der Waals surface area contributed by atoms with Crippen LogP contribution in [0.4, 0.5) is 0 Å². The van der Waals surface area contributed by atoms with E-state index >= 15 is 0 Å². The summed E-state index contributed by atoms with van der Waals surface area (Å²) in [5, 5.41) is 13.9. The molecule has 350 valence electrons. The quantitative estimate of drug-likeness (QED) is 0.0442. The Bertz CT molecular complexity index is 1100. The third-order valence-electron chi connectivity index (χ3n) is 11.9. The number of aromatic amines is 1. The number of ether oxygens (including phenoxy) is 2. The zero-order valence-electron chi connectivity index (χ0n) is 39.6. The van der Waals surface area contributed by atoms with E-state index in [0.29, 0.717) is 37.9 Å². The Hall–Kier alpha value is -2.39. The zero-order valence-corrected chi connectivity index (χ0v) is 39.6. The summed E-state index contributed by atoms with van der Waals surface area (Å²) >= 11 is 0. The molecule has 0 spiro atoms. The third kappa shape index (κ3) is 34.2. The van der Waals surface area contributed by atoms with Gasteiger partial charge in [-0.05, 0) is 110 Å². The normalized spacial score (nSPS) is 12.6. The maximum Gasteiger partial charge on any atom is 0.306 e. The number of hydrogen-bond acceptors (Lipinski definition) is 7. The number of rotatable bonds is 44. The topological polar surface area (TPSA) is 121 Å². The fourth-order valence-corrected chi connectivity index (χ4v) is 8.06. The van der Waals surface area contributed by atoms with Crippen LogP contribution >= 0.6 is 0 Å². The van der Waals surface area contributed by atoms with Gasteiger partial charge in [0, 0.05) is 38.3 Å². The first-order valence-electron chi connectivity index (χ1n) is 25.5. The van der Waals surface area contributed by atoms with Crippen LogP contribution in [0, 0.1) is 0 Å². The molecule has 0 aliphatic carbocycles. The lowest BCUT2D eigenvalue weighted by atomic mass is 10.0. The van der Waals surface area contributed by atoms with E-state index in [1.54, 1.807) is 18.5 Å². The second-order valence-electron chi connectivity index (χ2n) is 17.9. The van der Waals surface area contributed by atoms with Crippen molar-refractivity contribution < 1.29 is 29.0 Å². The molecule has 0 saturated carbocycles. The van der Waals surface area contributed by atoms with Crippen LogP contribution in [-0.2, 0) is 19.1 Å². The number of esters is 2. The average molecular weight is 846 g/mol. The van der Waals surface area contributed by atoms with Crippen molar-refractivity contribution in [2.75, 3.05) is 26.2 Å². The SMILES string of the molecule is CCCCCCCCC(CCCCCCCC)OC(=O)CCCCCCCN(CCCCCC(=O)OC(C)CCCCCCC)CC(O)CCCCNC(=O)c1cc[nH]c1. The second kappa shape index (κ2) is 40.7. The molecule has 0 aliphatic heterocycles. The number of hydrogen-bond donors (Lipinski definition) is 3. The van der Waals surface area contributed by atoms with Crippen LogP contribution in [0.2, 0.25) is 0 Å². The molecule has 1 heterocycles. The van der Waals surface area contributed by atoms with Gasteiger partial charge in [-0.2, -0.15) is 0 Å². The molecule has 1 rings (SSSR count). The van der Waals surface area contributed by atoms with Gasteiger partial charge in [-0.15, -0.1) is 0 Å². The van der Waals surface area contributed by atoms with Crippen molar-refractivity contribution in [3.8, 4) is 0 Å². The molecule has 0 aromatic carbocycles. The summed E-state index contributed by atoms with van der Waals surface area (Å²) in [7, 11) is 0. The first kappa shape index (κ1) is 55.6. The van der Waals surface area contributed by atoms with Gasteiger partial charge in [-0.3, -0.25) is 14.4 Å². The summed E-state index contributed by atoms with van der Waals surface area (Å²) in [6.07, 6.45) is 38.7. The number of aliphatic hydroxyl groups is 1. The minimum Gasteiger partial charge on any atom is -0.463 e. The lowest BCUT2D eigenvalue weighted by molar-refractivity contribution is -0.150. The number of carbonyl (C=O) groups is 3. The molecule has 1 amide bonds. The smallest absolute Gasteiger partial charge is 0.306 e. The van der Waals surface area contributed by atoms with E-state index in [2.05, 4.69) is 36.0 Å². The summed E-state index contributed by atoms with van der Waals surface area (Å²) in [6, 6.07) is 1.76.